The minimum absolute atomic E-state index is 0.0676. The van der Waals surface area contributed by atoms with Crippen LogP contribution in [-0.2, 0) is 4.79 Å². The number of rotatable bonds is 7. The van der Waals surface area contributed by atoms with Crippen LogP contribution in [-0.4, -0.2) is 17.6 Å². The maximum atomic E-state index is 11.6. The van der Waals surface area contributed by atoms with Crippen molar-refractivity contribution in [2.75, 3.05) is 11.9 Å². The monoisotopic (exact) mass is 308 g/mol. The van der Waals surface area contributed by atoms with Crippen molar-refractivity contribution in [3.8, 4) is 5.75 Å². The molecule has 0 unspecified atom stereocenters. The number of hydrogen-bond donors (Lipinski definition) is 2. The van der Waals surface area contributed by atoms with E-state index in [-0.39, 0.29) is 5.91 Å². The van der Waals surface area contributed by atoms with Gasteiger partial charge in [0.25, 0.3) is 0 Å². The first-order valence-corrected chi connectivity index (χ1v) is 7.75. The number of carbonyl (C=O) groups excluding carboxylic acids is 1. The van der Waals surface area contributed by atoms with Gasteiger partial charge in [0.15, 0.2) is 5.11 Å². The van der Waals surface area contributed by atoms with Crippen LogP contribution in [0.2, 0.25) is 0 Å². The van der Waals surface area contributed by atoms with Gasteiger partial charge in [-0.25, -0.2) is 0 Å². The van der Waals surface area contributed by atoms with Crippen molar-refractivity contribution in [2.45, 2.75) is 40.0 Å². The summed E-state index contributed by atoms with van der Waals surface area (Å²) in [5.41, 5.74) is 0.827. The Kier molecular flexibility index (Phi) is 7.75. The Hall–Kier alpha value is -1.62. The highest BCUT2D eigenvalue weighted by Crippen LogP contribution is 2.16. The van der Waals surface area contributed by atoms with Crippen LogP contribution in [0.25, 0.3) is 0 Å². The number of amides is 1. The molecule has 0 spiro atoms. The molecule has 4 nitrogen and oxygen atoms in total. The van der Waals surface area contributed by atoms with Crippen molar-refractivity contribution in [1.82, 2.24) is 5.32 Å². The smallest absolute Gasteiger partial charge is 0.226 e. The van der Waals surface area contributed by atoms with Crippen LogP contribution >= 0.6 is 12.2 Å². The van der Waals surface area contributed by atoms with Crippen LogP contribution in [0.3, 0.4) is 0 Å². The maximum absolute atomic E-state index is 11.6. The fraction of sp³-hybridized carbons (Fsp3) is 0.500. The zero-order chi connectivity index (χ0) is 15.7. The van der Waals surface area contributed by atoms with Gasteiger partial charge in [-0.2, -0.15) is 0 Å². The average molecular weight is 308 g/mol. The largest absolute Gasteiger partial charge is 0.494 e. The lowest BCUT2D eigenvalue weighted by Gasteiger charge is -2.11. The Bertz CT molecular complexity index is 458. The second-order valence-corrected chi connectivity index (χ2v) is 5.73. The molecule has 116 valence electrons. The third-order valence-electron chi connectivity index (χ3n) is 2.73. The highest BCUT2D eigenvalue weighted by molar-refractivity contribution is 7.80. The van der Waals surface area contributed by atoms with Crippen molar-refractivity contribution >= 4 is 28.9 Å². The van der Waals surface area contributed by atoms with E-state index in [2.05, 4.69) is 17.6 Å². The van der Waals surface area contributed by atoms with Gasteiger partial charge in [0.1, 0.15) is 5.75 Å². The number of benzene rings is 1. The molecule has 2 N–H and O–H groups in total. The first kappa shape index (κ1) is 17.4. The Morgan fingerprint density at radius 1 is 1.29 bits per heavy atom. The summed E-state index contributed by atoms with van der Waals surface area (Å²) >= 11 is 5.11. The van der Waals surface area contributed by atoms with Gasteiger partial charge in [-0.05, 0) is 48.8 Å². The van der Waals surface area contributed by atoms with E-state index in [0.717, 1.165) is 30.9 Å². The molecule has 0 aromatic heterocycles. The van der Waals surface area contributed by atoms with E-state index in [0.29, 0.717) is 17.5 Å². The molecule has 0 radical (unpaired) electrons. The third kappa shape index (κ3) is 7.66. The molecule has 21 heavy (non-hydrogen) atoms. The lowest BCUT2D eigenvalue weighted by atomic mass is 10.1. The number of nitrogens with one attached hydrogen (secondary N) is 2. The minimum Gasteiger partial charge on any atom is -0.494 e. The van der Waals surface area contributed by atoms with Crippen LogP contribution in [0.4, 0.5) is 5.69 Å². The molecule has 0 aliphatic carbocycles. The first-order valence-electron chi connectivity index (χ1n) is 7.35. The number of anilines is 1. The standard InChI is InChI=1S/C16H24N2O2S/c1-4-5-10-20-14-8-6-13(7-9-14)17-16(21)18-15(19)11-12(2)3/h6-9,12H,4-5,10-11H2,1-3H3,(H2,17,18,19,21). The molecule has 0 bridgehead atoms. The zero-order valence-corrected chi connectivity index (χ0v) is 13.8. The Morgan fingerprint density at radius 3 is 2.52 bits per heavy atom. The first-order chi connectivity index (χ1) is 10.0. The quantitative estimate of drug-likeness (QED) is 0.595. The molecule has 0 aliphatic rings. The van der Waals surface area contributed by atoms with E-state index in [1.807, 2.05) is 38.1 Å². The molecule has 1 aromatic rings. The third-order valence-corrected chi connectivity index (χ3v) is 2.93. The van der Waals surface area contributed by atoms with Gasteiger partial charge in [0, 0.05) is 12.1 Å². The van der Waals surface area contributed by atoms with Gasteiger partial charge < -0.3 is 15.4 Å². The molecular weight excluding hydrogens is 284 g/mol. The molecular formula is C16H24N2O2S. The second kappa shape index (κ2) is 9.34. The summed E-state index contributed by atoms with van der Waals surface area (Å²) in [5.74, 6) is 1.08. The lowest BCUT2D eigenvalue weighted by molar-refractivity contribution is -0.120. The maximum Gasteiger partial charge on any atom is 0.226 e. The molecule has 0 atom stereocenters. The molecule has 1 amide bonds. The van der Waals surface area contributed by atoms with Crippen LogP contribution in [0.5, 0.6) is 5.75 Å². The molecule has 0 aliphatic heterocycles. The fourth-order valence-corrected chi connectivity index (χ4v) is 1.91. The van der Waals surface area contributed by atoms with Crippen LogP contribution in [0, 0.1) is 5.92 Å². The predicted octanol–water partition coefficient (Wildman–Crippen LogP) is 3.72. The van der Waals surface area contributed by atoms with E-state index in [4.69, 9.17) is 17.0 Å². The van der Waals surface area contributed by atoms with E-state index in [9.17, 15) is 4.79 Å². The number of carbonyl (C=O) groups is 1. The Balaban J connectivity index is 2.40. The summed E-state index contributed by atoms with van der Waals surface area (Å²) in [4.78, 5) is 11.6. The zero-order valence-electron chi connectivity index (χ0n) is 12.9. The molecule has 0 saturated heterocycles. The van der Waals surface area contributed by atoms with E-state index in [1.54, 1.807) is 0 Å². The summed E-state index contributed by atoms with van der Waals surface area (Å²) in [5, 5.41) is 5.97. The van der Waals surface area contributed by atoms with Crippen molar-refractivity contribution < 1.29 is 9.53 Å². The van der Waals surface area contributed by atoms with E-state index in [1.165, 1.54) is 0 Å². The van der Waals surface area contributed by atoms with Crippen molar-refractivity contribution in [2.24, 2.45) is 5.92 Å². The Labute approximate surface area is 132 Å². The Morgan fingerprint density at radius 2 is 1.95 bits per heavy atom. The average Bonchev–Trinajstić information content (AvgIpc) is 2.39. The lowest BCUT2D eigenvalue weighted by Crippen LogP contribution is -2.34. The van der Waals surface area contributed by atoms with Crippen LogP contribution < -0.4 is 15.4 Å². The fourth-order valence-electron chi connectivity index (χ4n) is 1.68. The van der Waals surface area contributed by atoms with Gasteiger partial charge in [-0.15, -0.1) is 0 Å². The highest BCUT2D eigenvalue weighted by atomic mass is 32.1. The summed E-state index contributed by atoms with van der Waals surface area (Å²) in [7, 11) is 0. The van der Waals surface area contributed by atoms with Gasteiger partial charge >= 0.3 is 0 Å². The van der Waals surface area contributed by atoms with Gasteiger partial charge in [0.05, 0.1) is 6.61 Å². The molecule has 0 saturated carbocycles. The summed E-state index contributed by atoms with van der Waals surface area (Å²) in [6, 6.07) is 7.53. The molecule has 0 heterocycles. The minimum atomic E-state index is -0.0676. The summed E-state index contributed by atoms with van der Waals surface area (Å²) in [6.45, 7) is 6.85. The van der Waals surface area contributed by atoms with Crippen LogP contribution in [0.15, 0.2) is 24.3 Å². The van der Waals surface area contributed by atoms with Crippen molar-refractivity contribution in [1.29, 1.82) is 0 Å². The molecule has 1 aromatic carbocycles. The normalized spacial score (nSPS) is 10.3. The number of thiocarbonyl (C=S) groups is 1. The van der Waals surface area contributed by atoms with Crippen molar-refractivity contribution in [3.05, 3.63) is 24.3 Å². The number of hydrogen-bond acceptors (Lipinski definition) is 3. The molecule has 5 heteroatoms. The summed E-state index contributed by atoms with van der Waals surface area (Å²) in [6.07, 6.45) is 2.63. The number of ether oxygens (including phenoxy) is 1. The highest BCUT2D eigenvalue weighted by Gasteiger charge is 2.07. The second-order valence-electron chi connectivity index (χ2n) is 5.33. The van der Waals surface area contributed by atoms with Gasteiger partial charge in [0.2, 0.25) is 5.91 Å². The van der Waals surface area contributed by atoms with Gasteiger partial charge in [-0.1, -0.05) is 27.2 Å². The summed E-state index contributed by atoms with van der Waals surface area (Å²) < 4.78 is 5.58. The predicted molar refractivity (Wildman–Crippen MR) is 90.7 cm³/mol. The molecule has 1 rings (SSSR count). The molecule has 0 fully saturated rings. The van der Waals surface area contributed by atoms with E-state index >= 15 is 0 Å². The van der Waals surface area contributed by atoms with Gasteiger partial charge in [-0.3, -0.25) is 4.79 Å². The van der Waals surface area contributed by atoms with E-state index < -0.39 is 0 Å². The van der Waals surface area contributed by atoms with Crippen molar-refractivity contribution in [3.63, 3.8) is 0 Å². The SMILES string of the molecule is CCCCOc1ccc(NC(=S)NC(=O)CC(C)C)cc1. The van der Waals surface area contributed by atoms with Crippen LogP contribution in [0.1, 0.15) is 40.0 Å². The number of unbranched alkanes of at least 4 members (excludes halogenated alkanes) is 1. The topological polar surface area (TPSA) is 50.4 Å².